The first-order chi connectivity index (χ1) is 8.04. The summed E-state index contributed by atoms with van der Waals surface area (Å²) in [7, 11) is 0. The van der Waals surface area contributed by atoms with E-state index in [1.165, 1.54) is 6.20 Å². The van der Waals surface area contributed by atoms with Crippen molar-refractivity contribution in [3.05, 3.63) is 36.5 Å². The first-order valence-electron chi connectivity index (χ1n) is 5.09. The van der Waals surface area contributed by atoms with Gasteiger partial charge in [-0.2, -0.15) is 13.2 Å². The number of ether oxygens (including phenoxy) is 1. The monoisotopic (exact) mass is 241 g/mol. The molecule has 17 heavy (non-hydrogen) atoms. The van der Waals surface area contributed by atoms with Gasteiger partial charge in [0.2, 0.25) is 0 Å². The Labute approximate surface area is 96.0 Å². The molecule has 0 aliphatic rings. The lowest BCUT2D eigenvalue weighted by Gasteiger charge is -2.08. The fourth-order valence-electron chi connectivity index (χ4n) is 1.41. The molecule has 0 aliphatic heterocycles. The molecule has 2 rings (SSSR count). The van der Waals surface area contributed by atoms with Crippen LogP contribution in [0.2, 0.25) is 0 Å². The minimum Gasteiger partial charge on any atom is -0.492 e. The van der Waals surface area contributed by atoms with E-state index in [0.29, 0.717) is 5.75 Å². The van der Waals surface area contributed by atoms with Gasteiger partial charge in [-0.15, -0.1) is 0 Å². The third-order valence-electron chi connectivity index (χ3n) is 2.22. The lowest BCUT2D eigenvalue weighted by molar-refractivity contribution is -0.139. The zero-order chi connectivity index (χ0) is 12.3. The molecule has 0 amide bonds. The molecule has 1 heterocycles. The maximum absolute atomic E-state index is 11.9. The van der Waals surface area contributed by atoms with E-state index < -0.39 is 12.6 Å². The van der Waals surface area contributed by atoms with Crippen LogP contribution in [0.25, 0.3) is 10.9 Å². The number of benzene rings is 1. The van der Waals surface area contributed by atoms with E-state index in [-0.39, 0.29) is 6.61 Å². The van der Waals surface area contributed by atoms with Crippen molar-refractivity contribution >= 4 is 10.9 Å². The van der Waals surface area contributed by atoms with Gasteiger partial charge in [-0.05, 0) is 12.1 Å². The van der Waals surface area contributed by atoms with Gasteiger partial charge in [0.25, 0.3) is 0 Å². The number of para-hydroxylation sites is 1. The maximum atomic E-state index is 11.9. The number of hydrogen-bond acceptors (Lipinski definition) is 2. The molecule has 0 saturated heterocycles. The molecule has 1 aromatic heterocycles. The van der Waals surface area contributed by atoms with E-state index in [1.54, 1.807) is 6.07 Å². The topological polar surface area (TPSA) is 22.1 Å². The Morgan fingerprint density at radius 1 is 1.18 bits per heavy atom. The molecule has 0 atom stereocenters. The van der Waals surface area contributed by atoms with Crippen LogP contribution >= 0.6 is 0 Å². The summed E-state index contributed by atoms with van der Waals surface area (Å²) in [6.45, 7) is -0.385. The smallest absolute Gasteiger partial charge is 0.392 e. The summed E-state index contributed by atoms with van der Waals surface area (Å²) < 4.78 is 40.8. The molecule has 2 aromatic rings. The van der Waals surface area contributed by atoms with Crippen LogP contribution in [0, 0.1) is 0 Å². The molecule has 0 unspecified atom stereocenters. The first-order valence-corrected chi connectivity index (χ1v) is 5.09. The van der Waals surface area contributed by atoms with Gasteiger partial charge in [0, 0.05) is 5.39 Å². The Kier molecular flexibility index (Phi) is 3.17. The van der Waals surface area contributed by atoms with E-state index in [2.05, 4.69) is 4.98 Å². The second-order valence-corrected chi connectivity index (χ2v) is 3.58. The number of fused-ring (bicyclic) bond motifs is 1. The van der Waals surface area contributed by atoms with Crippen LogP contribution in [0.15, 0.2) is 36.5 Å². The summed E-state index contributed by atoms with van der Waals surface area (Å²) in [6, 6.07) is 9.02. The molecule has 5 heteroatoms. The lowest BCUT2D eigenvalue weighted by atomic mass is 10.2. The average molecular weight is 241 g/mol. The Morgan fingerprint density at radius 2 is 1.94 bits per heavy atom. The largest absolute Gasteiger partial charge is 0.492 e. The van der Waals surface area contributed by atoms with E-state index in [4.69, 9.17) is 4.74 Å². The highest BCUT2D eigenvalue weighted by Gasteiger charge is 2.26. The molecule has 0 N–H and O–H groups in total. The molecule has 1 aromatic carbocycles. The Bertz CT molecular complexity index is 510. The quantitative estimate of drug-likeness (QED) is 0.819. The van der Waals surface area contributed by atoms with Crippen molar-refractivity contribution < 1.29 is 17.9 Å². The zero-order valence-electron chi connectivity index (χ0n) is 8.87. The predicted octanol–water partition coefficient (Wildman–Crippen LogP) is 3.57. The fraction of sp³-hybridized carbons (Fsp3) is 0.250. The van der Waals surface area contributed by atoms with Gasteiger partial charge in [-0.25, -0.2) is 0 Å². The summed E-state index contributed by atoms with van der Waals surface area (Å²) in [5, 5.41) is 0.844. The zero-order valence-corrected chi connectivity index (χ0v) is 8.87. The Balaban J connectivity index is 2.04. The first kappa shape index (κ1) is 11.7. The van der Waals surface area contributed by atoms with Crippen LogP contribution in [0.5, 0.6) is 5.75 Å². The number of pyridine rings is 1. The van der Waals surface area contributed by atoms with Crippen molar-refractivity contribution in [2.75, 3.05) is 6.61 Å². The third kappa shape index (κ3) is 3.34. The highest BCUT2D eigenvalue weighted by molar-refractivity contribution is 5.79. The van der Waals surface area contributed by atoms with Crippen LogP contribution in [-0.2, 0) is 0 Å². The lowest BCUT2D eigenvalue weighted by Crippen LogP contribution is -2.13. The van der Waals surface area contributed by atoms with Crippen LogP contribution < -0.4 is 4.74 Å². The minimum absolute atomic E-state index is 0.355. The second kappa shape index (κ2) is 4.61. The summed E-state index contributed by atoms with van der Waals surface area (Å²) >= 11 is 0. The van der Waals surface area contributed by atoms with Crippen molar-refractivity contribution in [2.45, 2.75) is 12.6 Å². The summed E-state index contributed by atoms with van der Waals surface area (Å²) in [5.74, 6) is 0.355. The molecule has 0 aliphatic carbocycles. The SMILES string of the molecule is FC(F)(F)CCOc1cnc2ccccc2c1. The van der Waals surface area contributed by atoms with Crippen molar-refractivity contribution in [1.29, 1.82) is 0 Å². The fourth-order valence-corrected chi connectivity index (χ4v) is 1.41. The van der Waals surface area contributed by atoms with Gasteiger partial charge in [0.05, 0.1) is 24.7 Å². The third-order valence-corrected chi connectivity index (χ3v) is 2.22. The Morgan fingerprint density at radius 3 is 2.71 bits per heavy atom. The maximum Gasteiger partial charge on any atom is 0.392 e. The van der Waals surface area contributed by atoms with Gasteiger partial charge in [0.1, 0.15) is 5.75 Å². The number of nitrogens with zero attached hydrogens (tertiary/aromatic N) is 1. The standard InChI is InChI=1S/C12H10F3NO/c13-12(14,15)5-6-17-10-7-9-3-1-2-4-11(9)16-8-10/h1-4,7-8H,5-6H2. The molecular weight excluding hydrogens is 231 g/mol. The van der Waals surface area contributed by atoms with Gasteiger partial charge in [0.15, 0.2) is 0 Å². The van der Waals surface area contributed by atoms with Crippen LogP contribution in [0.3, 0.4) is 0 Å². The van der Waals surface area contributed by atoms with Crippen LogP contribution in [0.1, 0.15) is 6.42 Å². The van der Waals surface area contributed by atoms with Crippen molar-refractivity contribution in [1.82, 2.24) is 4.98 Å². The van der Waals surface area contributed by atoms with Gasteiger partial charge in [-0.3, -0.25) is 4.98 Å². The number of alkyl halides is 3. The van der Waals surface area contributed by atoms with Crippen molar-refractivity contribution in [3.63, 3.8) is 0 Å². The van der Waals surface area contributed by atoms with E-state index in [0.717, 1.165) is 10.9 Å². The molecule has 0 fully saturated rings. The van der Waals surface area contributed by atoms with Crippen molar-refractivity contribution in [3.8, 4) is 5.75 Å². The summed E-state index contributed by atoms with van der Waals surface area (Å²) in [4.78, 5) is 4.09. The molecule has 0 saturated carbocycles. The number of halogens is 3. The Hall–Kier alpha value is -1.78. The second-order valence-electron chi connectivity index (χ2n) is 3.58. The number of rotatable bonds is 3. The molecular formula is C12H10F3NO. The molecule has 0 spiro atoms. The van der Waals surface area contributed by atoms with Crippen LogP contribution in [0.4, 0.5) is 13.2 Å². The highest BCUT2D eigenvalue weighted by atomic mass is 19.4. The van der Waals surface area contributed by atoms with Gasteiger partial charge in [-0.1, -0.05) is 18.2 Å². The average Bonchev–Trinajstić information content (AvgIpc) is 2.27. The van der Waals surface area contributed by atoms with Crippen molar-refractivity contribution in [2.24, 2.45) is 0 Å². The normalized spacial score (nSPS) is 11.7. The molecule has 90 valence electrons. The number of hydrogen-bond donors (Lipinski definition) is 0. The highest BCUT2D eigenvalue weighted by Crippen LogP contribution is 2.21. The predicted molar refractivity (Wildman–Crippen MR) is 57.9 cm³/mol. The minimum atomic E-state index is -4.19. The van der Waals surface area contributed by atoms with E-state index in [1.807, 2.05) is 24.3 Å². The van der Waals surface area contributed by atoms with Gasteiger partial charge >= 0.3 is 6.18 Å². The van der Waals surface area contributed by atoms with E-state index >= 15 is 0 Å². The number of aromatic nitrogens is 1. The van der Waals surface area contributed by atoms with Gasteiger partial charge < -0.3 is 4.74 Å². The summed E-state index contributed by atoms with van der Waals surface area (Å²) in [6.07, 6.45) is -3.72. The molecule has 0 radical (unpaired) electrons. The molecule has 0 bridgehead atoms. The molecule has 2 nitrogen and oxygen atoms in total. The van der Waals surface area contributed by atoms with Crippen LogP contribution in [-0.4, -0.2) is 17.8 Å². The van der Waals surface area contributed by atoms with E-state index in [9.17, 15) is 13.2 Å². The summed E-state index contributed by atoms with van der Waals surface area (Å²) in [5.41, 5.74) is 0.788.